The number of benzene rings is 2. The van der Waals surface area contributed by atoms with Crippen LogP contribution in [-0.4, -0.2) is 19.6 Å². The van der Waals surface area contributed by atoms with Gasteiger partial charge in [0.25, 0.3) is 5.56 Å². The van der Waals surface area contributed by atoms with Crippen molar-refractivity contribution < 1.29 is 18.7 Å². The summed E-state index contributed by atoms with van der Waals surface area (Å²) in [5.74, 6) is 2.18. The fraction of sp³-hybridized carbons (Fsp3) is 0.290. The fourth-order valence-corrected chi connectivity index (χ4v) is 4.71. The number of halogens is 1. The Kier molecular flexibility index (Phi) is 6.47. The molecular formula is C31H32FN3O4. The molecule has 0 saturated carbocycles. The number of hydrogen-bond acceptors (Lipinski definition) is 5. The summed E-state index contributed by atoms with van der Waals surface area (Å²) in [6.07, 6.45) is 3.39. The van der Waals surface area contributed by atoms with Crippen LogP contribution in [0.5, 0.6) is 11.5 Å². The van der Waals surface area contributed by atoms with E-state index < -0.39 is 5.60 Å². The van der Waals surface area contributed by atoms with Crippen LogP contribution in [0.3, 0.4) is 0 Å². The number of imidazole rings is 1. The Bertz CT molecular complexity index is 1750. The molecule has 0 atom stereocenters. The number of ether oxygens (including phenoxy) is 1. The van der Waals surface area contributed by atoms with Crippen molar-refractivity contribution in [2.24, 2.45) is 7.05 Å². The van der Waals surface area contributed by atoms with Gasteiger partial charge in [-0.05, 0) is 74.7 Å². The molecule has 0 aliphatic carbocycles. The smallest absolute Gasteiger partial charge is 0.261 e. The second-order valence-corrected chi connectivity index (χ2v) is 10.9. The molecule has 202 valence electrons. The Morgan fingerprint density at radius 1 is 1.10 bits per heavy atom. The molecule has 5 rings (SSSR count). The number of aromatic amines is 1. The Labute approximate surface area is 225 Å². The van der Waals surface area contributed by atoms with E-state index in [2.05, 4.69) is 9.97 Å². The molecule has 0 unspecified atom stereocenters. The Morgan fingerprint density at radius 2 is 1.79 bits per heavy atom. The van der Waals surface area contributed by atoms with Crippen LogP contribution in [0.4, 0.5) is 4.39 Å². The highest BCUT2D eigenvalue weighted by Gasteiger charge is 2.24. The minimum absolute atomic E-state index is 0.203. The summed E-state index contributed by atoms with van der Waals surface area (Å²) in [4.78, 5) is 20.9. The number of fused-ring (bicyclic) bond motifs is 1. The van der Waals surface area contributed by atoms with Gasteiger partial charge in [0.1, 0.15) is 34.4 Å². The monoisotopic (exact) mass is 529 g/mol. The van der Waals surface area contributed by atoms with Gasteiger partial charge in [0.05, 0.1) is 17.2 Å². The quantitative estimate of drug-likeness (QED) is 0.245. The largest absolute Gasteiger partial charge is 0.456 e. The molecule has 0 fully saturated rings. The number of pyridine rings is 1. The Morgan fingerprint density at radius 3 is 2.41 bits per heavy atom. The highest BCUT2D eigenvalue weighted by atomic mass is 19.1. The van der Waals surface area contributed by atoms with E-state index in [9.17, 15) is 14.3 Å². The molecule has 0 radical (unpaired) electrons. The number of aryl methyl sites for hydroxylation is 3. The van der Waals surface area contributed by atoms with E-state index in [0.717, 1.165) is 5.82 Å². The van der Waals surface area contributed by atoms with E-state index in [-0.39, 0.29) is 17.3 Å². The lowest BCUT2D eigenvalue weighted by Crippen LogP contribution is -2.17. The van der Waals surface area contributed by atoms with Gasteiger partial charge >= 0.3 is 0 Å². The van der Waals surface area contributed by atoms with Crippen LogP contribution in [0.15, 0.2) is 58.0 Å². The standard InChI is InChI=1S/C31H32FN3O4/c1-16(2)29-33-14-24(34-29)26-13-22-28(39-26)23(15-35(7)30(22)36)21-12-19(31(5,6)37)8-9-25(21)38-27-17(3)10-20(32)11-18(27)4/h8-16,37H,1-7H3,(H,33,34). The van der Waals surface area contributed by atoms with E-state index in [4.69, 9.17) is 9.15 Å². The molecule has 7 nitrogen and oxygen atoms in total. The second-order valence-electron chi connectivity index (χ2n) is 10.9. The van der Waals surface area contributed by atoms with Gasteiger partial charge in [-0.25, -0.2) is 9.37 Å². The third kappa shape index (κ3) is 4.88. The molecule has 0 bridgehead atoms. The highest BCUT2D eigenvalue weighted by molar-refractivity contribution is 5.95. The zero-order valence-corrected chi connectivity index (χ0v) is 23.1. The maximum Gasteiger partial charge on any atom is 0.261 e. The molecule has 2 aromatic carbocycles. The van der Waals surface area contributed by atoms with Crippen molar-refractivity contribution in [3.63, 3.8) is 0 Å². The molecular weight excluding hydrogens is 497 g/mol. The van der Waals surface area contributed by atoms with Gasteiger partial charge in [-0.2, -0.15) is 0 Å². The third-order valence-electron chi connectivity index (χ3n) is 6.87. The summed E-state index contributed by atoms with van der Waals surface area (Å²) >= 11 is 0. The van der Waals surface area contributed by atoms with Crippen LogP contribution < -0.4 is 10.3 Å². The third-order valence-corrected chi connectivity index (χ3v) is 6.87. The summed E-state index contributed by atoms with van der Waals surface area (Å²) in [6, 6.07) is 9.96. The summed E-state index contributed by atoms with van der Waals surface area (Å²) in [5, 5.41) is 11.2. The van der Waals surface area contributed by atoms with Crippen LogP contribution in [0.2, 0.25) is 0 Å². The first-order chi connectivity index (χ1) is 18.3. The minimum Gasteiger partial charge on any atom is -0.456 e. The molecule has 3 heterocycles. The van der Waals surface area contributed by atoms with E-state index >= 15 is 0 Å². The average Bonchev–Trinajstić information content (AvgIpc) is 3.51. The number of rotatable bonds is 6. The first-order valence-corrected chi connectivity index (χ1v) is 12.8. The van der Waals surface area contributed by atoms with Gasteiger partial charge in [-0.1, -0.05) is 19.9 Å². The summed E-state index contributed by atoms with van der Waals surface area (Å²) in [6.45, 7) is 11.1. The van der Waals surface area contributed by atoms with Crippen LogP contribution in [0.1, 0.15) is 56.1 Å². The van der Waals surface area contributed by atoms with Crippen LogP contribution in [-0.2, 0) is 12.6 Å². The number of aliphatic hydroxyl groups is 1. The number of nitrogens with one attached hydrogen (secondary N) is 1. The van der Waals surface area contributed by atoms with Crippen LogP contribution in [0.25, 0.3) is 33.6 Å². The van der Waals surface area contributed by atoms with Gasteiger partial charge in [-0.15, -0.1) is 0 Å². The van der Waals surface area contributed by atoms with Crippen molar-refractivity contribution in [2.45, 2.75) is 53.1 Å². The highest BCUT2D eigenvalue weighted by Crippen LogP contribution is 2.42. The van der Waals surface area contributed by atoms with Gasteiger partial charge in [0, 0.05) is 30.3 Å². The predicted molar refractivity (Wildman–Crippen MR) is 150 cm³/mol. The first kappa shape index (κ1) is 26.4. The molecule has 5 aromatic rings. The molecule has 39 heavy (non-hydrogen) atoms. The lowest BCUT2D eigenvalue weighted by molar-refractivity contribution is 0.0786. The maximum atomic E-state index is 14.0. The fourth-order valence-electron chi connectivity index (χ4n) is 4.71. The topological polar surface area (TPSA) is 93.3 Å². The lowest BCUT2D eigenvalue weighted by atomic mass is 9.93. The zero-order chi connectivity index (χ0) is 28.2. The number of hydrogen-bond donors (Lipinski definition) is 2. The normalized spacial score (nSPS) is 12.1. The minimum atomic E-state index is -1.13. The number of furan rings is 1. The predicted octanol–water partition coefficient (Wildman–Crippen LogP) is 7.09. The van der Waals surface area contributed by atoms with Crippen molar-refractivity contribution >= 4 is 11.0 Å². The van der Waals surface area contributed by atoms with Crippen molar-refractivity contribution in [1.29, 1.82) is 0 Å². The molecule has 0 aliphatic heterocycles. The van der Waals surface area contributed by atoms with Crippen molar-refractivity contribution in [2.75, 3.05) is 0 Å². The number of nitrogens with zero attached hydrogens (tertiary/aromatic N) is 2. The van der Waals surface area contributed by atoms with Crippen molar-refractivity contribution in [3.8, 4) is 34.1 Å². The van der Waals surface area contributed by atoms with E-state index in [1.807, 2.05) is 19.9 Å². The van der Waals surface area contributed by atoms with Gasteiger partial charge in [-0.3, -0.25) is 4.79 Å². The molecule has 3 aromatic heterocycles. The molecule has 0 spiro atoms. The van der Waals surface area contributed by atoms with E-state index in [1.165, 1.54) is 16.7 Å². The van der Waals surface area contributed by atoms with E-state index in [0.29, 0.717) is 61.7 Å². The Hall–Kier alpha value is -4.17. The maximum absolute atomic E-state index is 14.0. The number of aromatic nitrogens is 3. The molecule has 0 amide bonds. The average molecular weight is 530 g/mol. The number of H-pyrrole nitrogens is 1. The van der Waals surface area contributed by atoms with E-state index in [1.54, 1.807) is 65.3 Å². The SMILES string of the molecule is Cc1cc(F)cc(C)c1Oc1ccc(C(C)(C)O)cc1-c1cn(C)c(=O)c2cc(-c3cnc(C(C)C)[nH]3)oc12. The summed E-state index contributed by atoms with van der Waals surface area (Å²) in [5.41, 5.74) is 2.90. The van der Waals surface area contributed by atoms with Crippen molar-refractivity contribution in [1.82, 2.24) is 14.5 Å². The summed E-state index contributed by atoms with van der Waals surface area (Å²) in [7, 11) is 1.68. The molecule has 0 aliphatic rings. The van der Waals surface area contributed by atoms with Crippen LogP contribution >= 0.6 is 0 Å². The van der Waals surface area contributed by atoms with Gasteiger partial charge in [0.15, 0.2) is 5.76 Å². The zero-order valence-electron chi connectivity index (χ0n) is 23.1. The molecule has 8 heteroatoms. The van der Waals surface area contributed by atoms with Gasteiger partial charge < -0.3 is 23.8 Å². The van der Waals surface area contributed by atoms with Gasteiger partial charge in [0.2, 0.25) is 0 Å². The molecule has 0 saturated heterocycles. The Balaban J connectivity index is 1.75. The molecule has 2 N–H and O–H groups in total. The van der Waals surface area contributed by atoms with Crippen LogP contribution in [0, 0.1) is 19.7 Å². The second kappa shape index (κ2) is 9.54. The van der Waals surface area contributed by atoms with Crippen molar-refractivity contribution in [3.05, 3.63) is 87.5 Å². The first-order valence-electron chi connectivity index (χ1n) is 12.8. The lowest BCUT2D eigenvalue weighted by Gasteiger charge is -2.21. The summed E-state index contributed by atoms with van der Waals surface area (Å²) < 4.78 is 28.2.